The summed E-state index contributed by atoms with van der Waals surface area (Å²) in [6.07, 6.45) is 1.78. The standard InChI is InChI=1S/C6H7NO2/c8-5-9-4-6-2-1-3-7-6/h1-3,5,7H,4H2. The van der Waals surface area contributed by atoms with Gasteiger partial charge in [0.25, 0.3) is 6.47 Å². The van der Waals surface area contributed by atoms with Gasteiger partial charge in [-0.05, 0) is 12.1 Å². The third-order valence-corrected chi connectivity index (χ3v) is 0.969. The quantitative estimate of drug-likeness (QED) is 0.604. The zero-order chi connectivity index (χ0) is 6.53. The molecule has 0 fully saturated rings. The smallest absolute Gasteiger partial charge is 0.293 e. The number of aromatic nitrogens is 1. The fraction of sp³-hybridized carbons (Fsp3) is 0.167. The highest BCUT2D eigenvalue weighted by Crippen LogP contribution is 1.94. The van der Waals surface area contributed by atoms with Crippen LogP contribution < -0.4 is 0 Å². The lowest BCUT2D eigenvalue weighted by Crippen LogP contribution is -1.88. The fourth-order valence-corrected chi connectivity index (χ4v) is 0.581. The number of carbonyl (C=O) groups is 1. The predicted octanol–water partition coefficient (Wildman–Crippen LogP) is 0.688. The SMILES string of the molecule is O=COCc1ccc[nH]1. The van der Waals surface area contributed by atoms with Crippen molar-refractivity contribution in [2.45, 2.75) is 6.61 Å². The summed E-state index contributed by atoms with van der Waals surface area (Å²) in [6.45, 7) is 0.761. The normalized spacial score (nSPS) is 8.89. The van der Waals surface area contributed by atoms with Crippen molar-refractivity contribution in [3.63, 3.8) is 0 Å². The molecule has 0 unspecified atom stereocenters. The molecule has 0 spiro atoms. The summed E-state index contributed by atoms with van der Waals surface area (Å²) in [4.78, 5) is 12.6. The van der Waals surface area contributed by atoms with Crippen LogP contribution in [0.15, 0.2) is 18.3 Å². The van der Waals surface area contributed by atoms with Gasteiger partial charge in [0, 0.05) is 6.20 Å². The van der Waals surface area contributed by atoms with Crippen LogP contribution in [-0.4, -0.2) is 11.5 Å². The lowest BCUT2D eigenvalue weighted by Gasteiger charge is -1.91. The van der Waals surface area contributed by atoms with E-state index in [4.69, 9.17) is 0 Å². The summed E-state index contributed by atoms with van der Waals surface area (Å²) in [5.41, 5.74) is 0.905. The molecule has 0 amide bonds. The Hall–Kier alpha value is -1.25. The number of aromatic amines is 1. The maximum atomic E-state index is 9.66. The number of carbonyl (C=O) groups excluding carboxylic acids is 1. The minimum Gasteiger partial charge on any atom is -0.461 e. The molecule has 1 rings (SSSR count). The molecule has 0 saturated heterocycles. The van der Waals surface area contributed by atoms with Gasteiger partial charge in [-0.2, -0.15) is 0 Å². The van der Waals surface area contributed by atoms with E-state index in [1.165, 1.54) is 0 Å². The molecule has 0 aliphatic heterocycles. The van der Waals surface area contributed by atoms with Crippen LogP contribution in [0.4, 0.5) is 0 Å². The van der Waals surface area contributed by atoms with Crippen molar-refractivity contribution in [2.24, 2.45) is 0 Å². The van der Waals surface area contributed by atoms with E-state index in [2.05, 4.69) is 9.72 Å². The maximum Gasteiger partial charge on any atom is 0.293 e. The van der Waals surface area contributed by atoms with Gasteiger partial charge >= 0.3 is 0 Å². The fourth-order valence-electron chi connectivity index (χ4n) is 0.581. The summed E-state index contributed by atoms with van der Waals surface area (Å²) >= 11 is 0. The molecule has 3 heteroatoms. The molecule has 1 aromatic rings. The molecule has 0 aliphatic rings. The molecule has 0 radical (unpaired) electrons. The Kier molecular flexibility index (Phi) is 1.90. The number of H-pyrrole nitrogens is 1. The minimum absolute atomic E-state index is 0.330. The lowest BCUT2D eigenvalue weighted by molar-refractivity contribution is -0.129. The van der Waals surface area contributed by atoms with Crippen molar-refractivity contribution in [1.29, 1.82) is 0 Å². The van der Waals surface area contributed by atoms with Gasteiger partial charge in [0.2, 0.25) is 0 Å². The second-order valence-corrected chi connectivity index (χ2v) is 1.60. The summed E-state index contributed by atoms with van der Waals surface area (Å²) in [5.74, 6) is 0. The first-order valence-electron chi connectivity index (χ1n) is 2.61. The van der Waals surface area contributed by atoms with Crippen LogP contribution in [0.3, 0.4) is 0 Å². The Bertz CT molecular complexity index is 169. The minimum atomic E-state index is 0.330. The second-order valence-electron chi connectivity index (χ2n) is 1.60. The first-order valence-corrected chi connectivity index (χ1v) is 2.61. The summed E-state index contributed by atoms with van der Waals surface area (Å²) in [7, 11) is 0. The molecule has 3 nitrogen and oxygen atoms in total. The molecule has 0 aliphatic carbocycles. The molecule has 1 heterocycles. The number of hydrogen-bond donors (Lipinski definition) is 1. The maximum absolute atomic E-state index is 9.66. The van der Waals surface area contributed by atoms with E-state index in [-0.39, 0.29) is 0 Å². The van der Waals surface area contributed by atoms with Crippen LogP contribution in [0.1, 0.15) is 5.69 Å². The van der Waals surface area contributed by atoms with E-state index in [0.717, 1.165) is 5.69 Å². The van der Waals surface area contributed by atoms with Gasteiger partial charge in [-0.15, -0.1) is 0 Å². The summed E-state index contributed by atoms with van der Waals surface area (Å²) in [5, 5.41) is 0. The van der Waals surface area contributed by atoms with Crippen molar-refractivity contribution in [3.05, 3.63) is 24.0 Å². The van der Waals surface area contributed by atoms with Gasteiger partial charge in [0.15, 0.2) is 0 Å². The van der Waals surface area contributed by atoms with Crippen LogP contribution in [0.2, 0.25) is 0 Å². The van der Waals surface area contributed by atoms with Gasteiger partial charge in [0.1, 0.15) is 6.61 Å². The Morgan fingerprint density at radius 1 is 1.78 bits per heavy atom. The van der Waals surface area contributed by atoms with E-state index in [9.17, 15) is 4.79 Å². The molecule has 0 saturated carbocycles. The molecule has 9 heavy (non-hydrogen) atoms. The summed E-state index contributed by atoms with van der Waals surface area (Å²) in [6, 6.07) is 3.70. The van der Waals surface area contributed by atoms with Gasteiger partial charge in [-0.25, -0.2) is 0 Å². The highest BCUT2D eigenvalue weighted by atomic mass is 16.5. The van der Waals surface area contributed by atoms with Crippen LogP contribution in [0.25, 0.3) is 0 Å². The van der Waals surface area contributed by atoms with Crippen molar-refractivity contribution >= 4 is 6.47 Å². The topological polar surface area (TPSA) is 42.1 Å². The zero-order valence-corrected chi connectivity index (χ0v) is 4.83. The van der Waals surface area contributed by atoms with Crippen molar-refractivity contribution < 1.29 is 9.53 Å². The monoisotopic (exact) mass is 125 g/mol. The second kappa shape index (κ2) is 2.91. The third kappa shape index (κ3) is 1.60. The zero-order valence-electron chi connectivity index (χ0n) is 4.83. The molecular formula is C6H7NO2. The van der Waals surface area contributed by atoms with E-state index < -0.39 is 0 Å². The molecule has 1 aromatic heterocycles. The average molecular weight is 125 g/mol. The van der Waals surface area contributed by atoms with Crippen LogP contribution in [0, 0.1) is 0 Å². The average Bonchev–Trinajstić information content (AvgIpc) is 2.34. The van der Waals surface area contributed by atoms with Crippen molar-refractivity contribution in [2.75, 3.05) is 0 Å². The Morgan fingerprint density at radius 3 is 3.22 bits per heavy atom. The molecule has 48 valence electrons. The highest BCUT2D eigenvalue weighted by molar-refractivity contribution is 5.37. The van der Waals surface area contributed by atoms with Crippen molar-refractivity contribution in [1.82, 2.24) is 4.98 Å². The van der Waals surface area contributed by atoms with Crippen LogP contribution >= 0.6 is 0 Å². The number of rotatable bonds is 3. The van der Waals surface area contributed by atoms with E-state index in [1.807, 2.05) is 12.1 Å². The predicted molar refractivity (Wildman–Crippen MR) is 31.6 cm³/mol. The van der Waals surface area contributed by atoms with Crippen LogP contribution in [0.5, 0.6) is 0 Å². The number of ether oxygens (including phenoxy) is 1. The first-order chi connectivity index (χ1) is 4.43. The Labute approximate surface area is 52.6 Å². The molecule has 0 bridgehead atoms. The largest absolute Gasteiger partial charge is 0.461 e. The van der Waals surface area contributed by atoms with Crippen molar-refractivity contribution in [3.8, 4) is 0 Å². The summed E-state index contributed by atoms with van der Waals surface area (Å²) < 4.78 is 4.47. The Morgan fingerprint density at radius 2 is 2.67 bits per heavy atom. The molecule has 0 atom stereocenters. The third-order valence-electron chi connectivity index (χ3n) is 0.969. The Balaban J connectivity index is 2.38. The highest BCUT2D eigenvalue weighted by Gasteiger charge is 1.88. The molecular weight excluding hydrogens is 118 g/mol. The van der Waals surface area contributed by atoms with Gasteiger partial charge in [-0.1, -0.05) is 0 Å². The number of nitrogens with one attached hydrogen (secondary N) is 1. The van der Waals surface area contributed by atoms with Gasteiger partial charge < -0.3 is 9.72 Å². The first kappa shape index (κ1) is 5.88. The molecule has 0 aromatic carbocycles. The van der Waals surface area contributed by atoms with E-state index in [0.29, 0.717) is 13.1 Å². The van der Waals surface area contributed by atoms with E-state index in [1.54, 1.807) is 6.20 Å². The van der Waals surface area contributed by atoms with Gasteiger partial charge in [0.05, 0.1) is 5.69 Å². The molecule has 1 N–H and O–H groups in total. The number of hydrogen-bond acceptors (Lipinski definition) is 2. The van der Waals surface area contributed by atoms with Crippen LogP contribution in [-0.2, 0) is 16.1 Å². The van der Waals surface area contributed by atoms with E-state index >= 15 is 0 Å². The van der Waals surface area contributed by atoms with Gasteiger partial charge in [-0.3, -0.25) is 4.79 Å². The lowest BCUT2D eigenvalue weighted by atomic mass is 10.5.